The van der Waals surface area contributed by atoms with Crippen LogP contribution in [0.15, 0.2) is 71.6 Å². The maximum Gasteiger partial charge on any atom is 0.294 e. The van der Waals surface area contributed by atoms with Gasteiger partial charge < -0.3 is 14.8 Å². The maximum atomic E-state index is 13.0. The van der Waals surface area contributed by atoms with Gasteiger partial charge in [-0.3, -0.25) is 19.3 Å². The molecule has 0 unspecified atom stereocenters. The minimum atomic E-state index is -0.516. The van der Waals surface area contributed by atoms with Gasteiger partial charge in [-0.2, -0.15) is 0 Å². The Morgan fingerprint density at radius 2 is 1.78 bits per heavy atom. The molecule has 36 heavy (non-hydrogen) atoms. The minimum absolute atomic E-state index is 0.236. The van der Waals surface area contributed by atoms with Crippen molar-refractivity contribution in [1.29, 1.82) is 0 Å². The van der Waals surface area contributed by atoms with Gasteiger partial charge in [-0.15, -0.1) is 0 Å². The number of nitrogens with zero attached hydrogens (tertiary/aromatic N) is 1. The summed E-state index contributed by atoms with van der Waals surface area (Å²) in [6, 6.07) is 20.4. The summed E-state index contributed by atoms with van der Waals surface area (Å²) >= 11 is 5.20. The number of benzene rings is 3. The van der Waals surface area contributed by atoms with Gasteiger partial charge in [-0.1, -0.05) is 30.3 Å². The summed E-state index contributed by atoms with van der Waals surface area (Å²) in [5.41, 5.74) is 2.24. The molecular weight excluding hydrogens is 706 g/mol. The number of methoxy groups -OCH3 is 1. The number of halogens is 2. The third kappa shape index (κ3) is 6.59. The molecule has 1 aliphatic rings. The molecule has 3 amide bonds. The topological polar surface area (TPSA) is 84.9 Å². The summed E-state index contributed by atoms with van der Waals surface area (Å²) in [6.45, 7) is -0.0134. The standard InChI is InChI=1S/C26H20I2N2O5S/c1-34-20-9-7-19(8-10-20)29-23(31)14-30-25(32)22(36-26(30)33)12-17-11-18(27)13-21(28)24(17)35-15-16-5-3-2-4-6-16/h2-13H,14-15H2,1H3,(H,29,31)/b22-12+. The molecule has 0 bridgehead atoms. The van der Waals surface area contributed by atoms with Crippen molar-refractivity contribution >= 4 is 85.8 Å². The summed E-state index contributed by atoms with van der Waals surface area (Å²) in [5, 5.41) is 2.19. The van der Waals surface area contributed by atoms with Crippen LogP contribution in [0.25, 0.3) is 6.08 Å². The van der Waals surface area contributed by atoms with Gasteiger partial charge in [0, 0.05) is 14.8 Å². The average molecular weight is 726 g/mol. The van der Waals surface area contributed by atoms with E-state index in [1.54, 1.807) is 37.5 Å². The van der Waals surface area contributed by atoms with Crippen LogP contribution >= 0.6 is 56.9 Å². The zero-order valence-electron chi connectivity index (χ0n) is 19.0. The molecule has 3 aromatic carbocycles. The lowest BCUT2D eigenvalue weighted by Gasteiger charge is -2.13. The van der Waals surface area contributed by atoms with E-state index in [-0.39, 0.29) is 11.4 Å². The van der Waals surface area contributed by atoms with Crippen molar-refractivity contribution in [3.63, 3.8) is 0 Å². The van der Waals surface area contributed by atoms with E-state index in [1.807, 2.05) is 42.5 Å². The molecule has 0 saturated carbocycles. The highest BCUT2D eigenvalue weighted by Gasteiger charge is 2.36. The van der Waals surface area contributed by atoms with Gasteiger partial charge in [0.1, 0.15) is 24.7 Å². The molecule has 0 atom stereocenters. The molecule has 0 aliphatic carbocycles. The molecule has 1 fully saturated rings. The second kappa shape index (κ2) is 12.1. The first kappa shape index (κ1) is 26.5. The van der Waals surface area contributed by atoms with Crippen molar-refractivity contribution < 1.29 is 23.9 Å². The monoisotopic (exact) mass is 726 g/mol. The van der Waals surface area contributed by atoms with Crippen molar-refractivity contribution in [3.8, 4) is 11.5 Å². The second-order valence-electron chi connectivity index (χ2n) is 7.62. The van der Waals surface area contributed by atoms with Gasteiger partial charge in [0.2, 0.25) is 5.91 Å². The number of anilines is 1. The Kier molecular flexibility index (Phi) is 8.90. The predicted molar refractivity (Wildman–Crippen MR) is 157 cm³/mol. The highest BCUT2D eigenvalue weighted by molar-refractivity contribution is 14.1. The van der Waals surface area contributed by atoms with E-state index < -0.39 is 17.1 Å². The van der Waals surface area contributed by atoms with Crippen LogP contribution in [0.4, 0.5) is 10.5 Å². The quantitative estimate of drug-likeness (QED) is 0.221. The fourth-order valence-corrected chi connectivity index (χ4v) is 6.24. The summed E-state index contributed by atoms with van der Waals surface area (Å²) in [4.78, 5) is 39.3. The Morgan fingerprint density at radius 3 is 2.47 bits per heavy atom. The molecule has 0 aromatic heterocycles. The van der Waals surface area contributed by atoms with Gasteiger partial charge in [0.25, 0.3) is 11.1 Å². The molecule has 0 spiro atoms. The Balaban J connectivity index is 1.49. The van der Waals surface area contributed by atoms with Crippen molar-refractivity contribution in [1.82, 2.24) is 4.90 Å². The van der Waals surface area contributed by atoms with Crippen LogP contribution in [0.2, 0.25) is 0 Å². The smallest absolute Gasteiger partial charge is 0.294 e. The van der Waals surface area contributed by atoms with Crippen LogP contribution in [-0.4, -0.2) is 35.6 Å². The average Bonchev–Trinajstić information content (AvgIpc) is 3.11. The molecule has 184 valence electrons. The number of nitrogens with one attached hydrogen (secondary N) is 1. The molecule has 1 heterocycles. The lowest BCUT2D eigenvalue weighted by Crippen LogP contribution is -2.36. The summed E-state index contributed by atoms with van der Waals surface area (Å²) < 4.78 is 13.1. The van der Waals surface area contributed by atoms with Gasteiger partial charge in [-0.05, 0) is 105 Å². The van der Waals surface area contributed by atoms with Crippen molar-refractivity contribution in [3.05, 3.63) is 89.9 Å². The molecule has 1 N–H and O–H groups in total. The zero-order chi connectivity index (χ0) is 25.7. The summed E-state index contributed by atoms with van der Waals surface area (Å²) in [7, 11) is 1.55. The number of carbonyl (C=O) groups is 3. The number of hydrogen-bond acceptors (Lipinski definition) is 6. The second-order valence-corrected chi connectivity index (χ2v) is 11.0. The number of carbonyl (C=O) groups excluding carboxylic acids is 3. The first-order valence-electron chi connectivity index (χ1n) is 10.7. The van der Waals surface area contributed by atoms with Gasteiger partial charge >= 0.3 is 0 Å². The number of imide groups is 1. The van der Waals surface area contributed by atoms with E-state index in [0.29, 0.717) is 29.4 Å². The van der Waals surface area contributed by atoms with Gasteiger partial charge in [-0.25, -0.2) is 0 Å². The number of amides is 3. The largest absolute Gasteiger partial charge is 0.497 e. The highest BCUT2D eigenvalue weighted by Crippen LogP contribution is 2.36. The van der Waals surface area contributed by atoms with Gasteiger partial charge in [0.05, 0.1) is 15.6 Å². The zero-order valence-corrected chi connectivity index (χ0v) is 24.1. The number of thioether (sulfide) groups is 1. The van der Waals surface area contributed by atoms with E-state index in [4.69, 9.17) is 9.47 Å². The van der Waals surface area contributed by atoms with Crippen LogP contribution < -0.4 is 14.8 Å². The fraction of sp³-hybridized carbons (Fsp3) is 0.115. The Morgan fingerprint density at radius 1 is 1.06 bits per heavy atom. The van der Waals surface area contributed by atoms with Crippen LogP contribution in [0.3, 0.4) is 0 Å². The molecular formula is C26H20I2N2O5S. The molecule has 0 radical (unpaired) electrons. The number of ether oxygens (including phenoxy) is 2. The number of hydrogen-bond donors (Lipinski definition) is 1. The van der Waals surface area contributed by atoms with Crippen molar-refractivity contribution in [2.75, 3.05) is 19.0 Å². The molecule has 7 nitrogen and oxygen atoms in total. The maximum absolute atomic E-state index is 13.0. The van der Waals surface area contributed by atoms with E-state index in [0.717, 1.165) is 29.4 Å². The first-order valence-corrected chi connectivity index (χ1v) is 13.7. The van der Waals surface area contributed by atoms with Crippen molar-refractivity contribution in [2.24, 2.45) is 0 Å². The summed E-state index contributed by atoms with van der Waals surface area (Å²) in [5.74, 6) is 0.294. The molecule has 1 saturated heterocycles. The van der Waals surface area contributed by atoms with E-state index >= 15 is 0 Å². The Labute approximate surface area is 239 Å². The molecule has 1 aliphatic heterocycles. The first-order chi connectivity index (χ1) is 17.3. The number of rotatable bonds is 8. The SMILES string of the molecule is COc1ccc(NC(=O)CN2C(=O)S/C(=C/c3cc(I)cc(I)c3OCc3ccccc3)C2=O)cc1. The van der Waals surface area contributed by atoms with Crippen molar-refractivity contribution in [2.45, 2.75) is 6.61 Å². The molecule has 3 aromatic rings. The normalized spacial score (nSPS) is 14.3. The van der Waals surface area contributed by atoms with E-state index in [2.05, 4.69) is 50.5 Å². The highest BCUT2D eigenvalue weighted by atomic mass is 127. The van der Waals surface area contributed by atoms with Crippen LogP contribution in [-0.2, 0) is 16.2 Å². The third-order valence-electron chi connectivity index (χ3n) is 5.10. The van der Waals surface area contributed by atoms with Crippen LogP contribution in [0.5, 0.6) is 11.5 Å². The van der Waals surface area contributed by atoms with Crippen LogP contribution in [0.1, 0.15) is 11.1 Å². The molecule has 4 rings (SSSR count). The van der Waals surface area contributed by atoms with E-state index in [1.165, 1.54) is 0 Å². The van der Waals surface area contributed by atoms with Gasteiger partial charge in [0.15, 0.2) is 0 Å². The lowest BCUT2D eigenvalue weighted by molar-refractivity contribution is -0.127. The predicted octanol–water partition coefficient (Wildman–Crippen LogP) is 6.16. The third-order valence-corrected chi connectivity index (χ3v) is 7.43. The lowest BCUT2D eigenvalue weighted by atomic mass is 10.1. The minimum Gasteiger partial charge on any atom is -0.497 e. The summed E-state index contributed by atoms with van der Waals surface area (Å²) in [6.07, 6.45) is 1.65. The van der Waals surface area contributed by atoms with E-state index in [9.17, 15) is 14.4 Å². The Bertz CT molecular complexity index is 1330. The fourth-order valence-electron chi connectivity index (χ4n) is 3.37. The van der Waals surface area contributed by atoms with Crippen LogP contribution in [0, 0.1) is 7.14 Å². The molecule has 10 heteroatoms. The Hall–Kier alpha value is -2.58.